The minimum absolute atomic E-state index is 0.0977. The predicted octanol–water partition coefficient (Wildman–Crippen LogP) is 4.99. The molecule has 0 amide bonds. The highest BCUT2D eigenvalue weighted by Gasteiger charge is 2.20. The zero-order valence-electron chi connectivity index (χ0n) is 11.3. The normalized spacial score (nSPS) is 12.7. The second kappa shape index (κ2) is 6.78. The second-order valence-corrected chi connectivity index (χ2v) is 6.73. The fraction of sp³-hybridized carbons (Fsp3) is 0.333. The quantitative estimate of drug-likeness (QED) is 0.792. The summed E-state index contributed by atoms with van der Waals surface area (Å²) in [7, 11) is 0. The van der Waals surface area contributed by atoms with E-state index in [0.29, 0.717) is 6.42 Å². The average Bonchev–Trinajstić information content (AvgIpc) is 2.72. The van der Waals surface area contributed by atoms with Crippen molar-refractivity contribution in [2.45, 2.75) is 26.3 Å². The lowest BCUT2D eigenvalue weighted by Crippen LogP contribution is -2.23. The van der Waals surface area contributed by atoms with Gasteiger partial charge < -0.3 is 5.32 Å². The van der Waals surface area contributed by atoms with Gasteiger partial charge in [0, 0.05) is 25.8 Å². The Morgan fingerprint density at radius 3 is 2.45 bits per heavy atom. The van der Waals surface area contributed by atoms with E-state index in [1.807, 2.05) is 19.9 Å². The summed E-state index contributed by atoms with van der Waals surface area (Å²) >= 11 is 5.16. The van der Waals surface area contributed by atoms with Crippen LogP contribution in [0.2, 0.25) is 0 Å². The van der Waals surface area contributed by atoms with Crippen molar-refractivity contribution in [1.29, 1.82) is 0 Å². The van der Waals surface area contributed by atoms with Crippen LogP contribution in [0.4, 0.5) is 8.78 Å². The smallest absolute Gasteiger partial charge is 0.129 e. The van der Waals surface area contributed by atoms with Crippen LogP contribution >= 0.6 is 27.3 Å². The Labute approximate surface area is 130 Å². The topological polar surface area (TPSA) is 12.0 Å². The summed E-state index contributed by atoms with van der Waals surface area (Å²) in [5.41, 5.74) is 0.136. The van der Waals surface area contributed by atoms with Gasteiger partial charge in [-0.25, -0.2) is 8.78 Å². The van der Waals surface area contributed by atoms with Crippen LogP contribution in [-0.2, 0) is 6.42 Å². The molecule has 1 heterocycles. The standard InChI is InChI=1S/C15H16BrF2NS/c1-3-19-14(15-11(16)7-9(2)20-15)8-10-12(17)5-4-6-13(10)18/h4-7,14,19H,3,8H2,1-2H3. The van der Waals surface area contributed by atoms with Crippen molar-refractivity contribution >= 4 is 27.3 Å². The van der Waals surface area contributed by atoms with Crippen molar-refractivity contribution in [3.8, 4) is 0 Å². The number of nitrogens with one attached hydrogen (secondary N) is 1. The third-order valence-electron chi connectivity index (χ3n) is 3.07. The Hall–Kier alpha value is -0.780. The Morgan fingerprint density at radius 2 is 1.95 bits per heavy atom. The number of hydrogen-bond acceptors (Lipinski definition) is 2. The van der Waals surface area contributed by atoms with Gasteiger partial charge in [0.1, 0.15) is 11.6 Å². The Kier molecular flexibility index (Phi) is 5.29. The molecule has 1 N–H and O–H groups in total. The number of benzene rings is 1. The summed E-state index contributed by atoms with van der Waals surface area (Å²) in [6, 6.07) is 5.93. The predicted molar refractivity (Wildman–Crippen MR) is 83.2 cm³/mol. The first kappa shape index (κ1) is 15.6. The van der Waals surface area contributed by atoms with E-state index in [0.717, 1.165) is 15.9 Å². The number of halogens is 3. The molecule has 0 aliphatic heterocycles. The van der Waals surface area contributed by atoms with Crippen LogP contribution in [0, 0.1) is 18.6 Å². The molecular formula is C15H16BrF2NS. The van der Waals surface area contributed by atoms with E-state index in [-0.39, 0.29) is 11.6 Å². The van der Waals surface area contributed by atoms with E-state index in [1.165, 1.54) is 23.1 Å². The summed E-state index contributed by atoms with van der Waals surface area (Å²) in [6.07, 6.45) is 0.297. The number of rotatable bonds is 5. The van der Waals surface area contributed by atoms with Gasteiger partial charge in [-0.15, -0.1) is 11.3 Å². The van der Waals surface area contributed by atoms with Gasteiger partial charge in [-0.2, -0.15) is 0 Å². The summed E-state index contributed by atoms with van der Waals surface area (Å²) in [5, 5.41) is 3.30. The number of hydrogen-bond donors (Lipinski definition) is 1. The minimum atomic E-state index is -0.489. The van der Waals surface area contributed by atoms with E-state index in [2.05, 4.69) is 21.2 Å². The third-order valence-corrected chi connectivity index (χ3v) is 5.16. The molecule has 0 spiro atoms. The molecule has 0 saturated heterocycles. The minimum Gasteiger partial charge on any atom is -0.309 e. The van der Waals surface area contributed by atoms with Crippen molar-refractivity contribution < 1.29 is 8.78 Å². The Bertz CT molecular complexity index is 577. The summed E-state index contributed by atoms with van der Waals surface area (Å²) < 4.78 is 28.6. The van der Waals surface area contributed by atoms with Crippen molar-refractivity contribution in [3.05, 3.63) is 55.7 Å². The molecule has 20 heavy (non-hydrogen) atoms. The number of likely N-dealkylation sites (N-methyl/N-ethyl adjacent to an activating group) is 1. The lowest BCUT2D eigenvalue weighted by molar-refractivity contribution is 0.503. The molecule has 0 radical (unpaired) electrons. The van der Waals surface area contributed by atoms with Crippen molar-refractivity contribution in [1.82, 2.24) is 5.32 Å². The van der Waals surface area contributed by atoms with E-state index in [1.54, 1.807) is 11.3 Å². The summed E-state index contributed by atoms with van der Waals surface area (Å²) in [5.74, 6) is -0.977. The zero-order chi connectivity index (χ0) is 14.7. The molecule has 1 aromatic carbocycles. The first-order valence-electron chi connectivity index (χ1n) is 6.45. The molecular weight excluding hydrogens is 344 g/mol. The molecule has 2 rings (SSSR count). The molecule has 108 valence electrons. The molecule has 0 bridgehead atoms. The van der Waals surface area contributed by atoms with Gasteiger partial charge in [0.2, 0.25) is 0 Å². The lowest BCUT2D eigenvalue weighted by atomic mass is 10.0. The molecule has 2 aromatic rings. The van der Waals surface area contributed by atoms with Crippen LogP contribution in [0.25, 0.3) is 0 Å². The summed E-state index contributed by atoms with van der Waals surface area (Å²) in [6.45, 7) is 4.74. The lowest BCUT2D eigenvalue weighted by Gasteiger charge is -2.18. The SMILES string of the molecule is CCNC(Cc1c(F)cccc1F)c1sc(C)cc1Br. The van der Waals surface area contributed by atoms with Crippen LogP contribution in [0.5, 0.6) is 0 Å². The molecule has 1 aromatic heterocycles. The van der Waals surface area contributed by atoms with Gasteiger partial charge in [-0.1, -0.05) is 13.0 Å². The number of aryl methyl sites for hydroxylation is 1. The zero-order valence-corrected chi connectivity index (χ0v) is 13.7. The van der Waals surface area contributed by atoms with E-state index in [4.69, 9.17) is 0 Å². The molecule has 1 unspecified atom stereocenters. The van der Waals surface area contributed by atoms with Crippen LogP contribution in [0.1, 0.15) is 28.3 Å². The van der Waals surface area contributed by atoms with Gasteiger partial charge in [0.25, 0.3) is 0 Å². The van der Waals surface area contributed by atoms with Crippen molar-refractivity contribution in [2.24, 2.45) is 0 Å². The maximum absolute atomic E-state index is 13.8. The van der Waals surface area contributed by atoms with E-state index >= 15 is 0 Å². The molecule has 5 heteroatoms. The number of thiophene rings is 1. The largest absolute Gasteiger partial charge is 0.309 e. The van der Waals surface area contributed by atoms with Crippen LogP contribution in [0.15, 0.2) is 28.7 Å². The fourth-order valence-corrected chi connectivity index (χ4v) is 4.18. The van der Waals surface area contributed by atoms with Crippen LogP contribution in [0.3, 0.4) is 0 Å². The van der Waals surface area contributed by atoms with E-state index in [9.17, 15) is 8.78 Å². The van der Waals surface area contributed by atoms with E-state index < -0.39 is 11.6 Å². The highest BCUT2D eigenvalue weighted by atomic mass is 79.9. The maximum Gasteiger partial charge on any atom is 0.129 e. The first-order chi connectivity index (χ1) is 9.52. The first-order valence-corrected chi connectivity index (χ1v) is 8.06. The van der Waals surface area contributed by atoms with Gasteiger partial charge >= 0.3 is 0 Å². The van der Waals surface area contributed by atoms with Crippen molar-refractivity contribution in [3.63, 3.8) is 0 Å². The van der Waals surface area contributed by atoms with Crippen LogP contribution in [-0.4, -0.2) is 6.54 Å². The molecule has 1 nitrogen and oxygen atoms in total. The molecule has 1 atom stereocenters. The van der Waals surface area contributed by atoms with Gasteiger partial charge in [0.15, 0.2) is 0 Å². The summed E-state index contributed by atoms with van der Waals surface area (Å²) in [4.78, 5) is 2.25. The van der Waals surface area contributed by atoms with Gasteiger partial charge in [0.05, 0.1) is 0 Å². The van der Waals surface area contributed by atoms with Gasteiger partial charge in [-0.3, -0.25) is 0 Å². The van der Waals surface area contributed by atoms with Gasteiger partial charge in [-0.05, 0) is 54.0 Å². The monoisotopic (exact) mass is 359 g/mol. The Balaban J connectivity index is 2.33. The average molecular weight is 360 g/mol. The van der Waals surface area contributed by atoms with Crippen molar-refractivity contribution in [2.75, 3.05) is 6.54 Å². The molecule has 0 aliphatic rings. The highest BCUT2D eigenvalue weighted by molar-refractivity contribution is 9.10. The second-order valence-electron chi connectivity index (χ2n) is 4.58. The third kappa shape index (κ3) is 3.45. The molecule has 0 fully saturated rings. The van der Waals surface area contributed by atoms with Crippen LogP contribution < -0.4 is 5.32 Å². The molecule has 0 saturated carbocycles. The fourth-order valence-electron chi connectivity index (χ4n) is 2.17. The molecule has 0 aliphatic carbocycles. The Morgan fingerprint density at radius 1 is 1.30 bits per heavy atom. The maximum atomic E-state index is 13.8. The highest BCUT2D eigenvalue weighted by Crippen LogP contribution is 2.34.